The maximum atomic E-state index is 8.70. The molecule has 0 heterocycles. The van der Waals surface area contributed by atoms with Crippen molar-refractivity contribution in [1.82, 2.24) is 0 Å². The van der Waals surface area contributed by atoms with Gasteiger partial charge in [-0.3, -0.25) is 0 Å². The minimum atomic E-state index is 0. The summed E-state index contributed by atoms with van der Waals surface area (Å²) in [4.78, 5) is 0. The Labute approximate surface area is 103 Å². The van der Waals surface area contributed by atoms with E-state index in [2.05, 4.69) is 5.32 Å². The topological polar surface area (TPSA) is 58.3 Å². The second-order valence-corrected chi connectivity index (χ2v) is 3.18. The molecule has 0 radical (unpaired) electrons. The van der Waals surface area contributed by atoms with Crippen LogP contribution >= 0.6 is 24.8 Å². The van der Waals surface area contributed by atoms with Crippen molar-refractivity contribution in [3.8, 4) is 0 Å². The third kappa shape index (κ3) is 6.44. The van der Waals surface area contributed by atoms with Gasteiger partial charge < -0.3 is 16.2 Å². The molecule has 0 aliphatic rings. The largest absolute Gasteiger partial charge is 0.399 e. The van der Waals surface area contributed by atoms with E-state index in [4.69, 9.17) is 10.8 Å². The Balaban J connectivity index is 0. The van der Waals surface area contributed by atoms with E-state index in [9.17, 15) is 0 Å². The van der Waals surface area contributed by atoms with E-state index in [1.54, 1.807) is 0 Å². The normalized spacial score (nSPS) is 10.8. The third-order valence-corrected chi connectivity index (χ3v) is 1.89. The summed E-state index contributed by atoms with van der Waals surface area (Å²) < 4.78 is 0. The average molecular weight is 253 g/mol. The number of anilines is 2. The van der Waals surface area contributed by atoms with Crippen molar-refractivity contribution in [3.63, 3.8) is 0 Å². The highest BCUT2D eigenvalue weighted by atomic mass is 35.5. The van der Waals surface area contributed by atoms with Crippen LogP contribution in [-0.2, 0) is 0 Å². The van der Waals surface area contributed by atoms with Crippen molar-refractivity contribution >= 4 is 36.2 Å². The van der Waals surface area contributed by atoms with Crippen molar-refractivity contribution in [2.24, 2.45) is 0 Å². The van der Waals surface area contributed by atoms with Gasteiger partial charge in [-0.1, -0.05) is 0 Å². The SMILES string of the molecule is CC(CCO)Nc1ccc(N)cc1.Cl.Cl. The van der Waals surface area contributed by atoms with Crippen LogP contribution in [0.25, 0.3) is 0 Å². The first-order valence-corrected chi connectivity index (χ1v) is 4.45. The van der Waals surface area contributed by atoms with Gasteiger partial charge in [-0.05, 0) is 37.6 Å². The third-order valence-electron chi connectivity index (χ3n) is 1.89. The summed E-state index contributed by atoms with van der Waals surface area (Å²) >= 11 is 0. The summed E-state index contributed by atoms with van der Waals surface area (Å²) in [5, 5.41) is 12.0. The van der Waals surface area contributed by atoms with E-state index < -0.39 is 0 Å². The van der Waals surface area contributed by atoms with Crippen molar-refractivity contribution in [2.75, 3.05) is 17.7 Å². The smallest absolute Gasteiger partial charge is 0.0450 e. The van der Waals surface area contributed by atoms with Gasteiger partial charge >= 0.3 is 0 Å². The molecular formula is C10H18Cl2N2O. The number of rotatable bonds is 4. The van der Waals surface area contributed by atoms with Gasteiger partial charge in [-0.25, -0.2) is 0 Å². The van der Waals surface area contributed by atoms with E-state index in [-0.39, 0.29) is 37.5 Å². The van der Waals surface area contributed by atoms with Crippen molar-refractivity contribution in [3.05, 3.63) is 24.3 Å². The lowest BCUT2D eigenvalue weighted by molar-refractivity contribution is 0.282. The van der Waals surface area contributed by atoms with Gasteiger partial charge in [-0.2, -0.15) is 0 Å². The predicted molar refractivity (Wildman–Crippen MR) is 70.1 cm³/mol. The van der Waals surface area contributed by atoms with Gasteiger partial charge in [0.05, 0.1) is 0 Å². The van der Waals surface area contributed by atoms with Crippen LogP contribution in [0.1, 0.15) is 13.3 Å². The van der Waals surface area contributed by atoms with Gasteiger partial charge in [-0.15, -0.1) is 24.8 Å². The molecule has 1 atom stereocenters. The zero-order valence-corrected chi connectivity index (χ0v) is 10.3. The minimum Gasteiger partial charge on any atom is -0.399 e. The van der Waals surface area contributed by atoms with Gasteiger partial charge in [0, 0.05) is 24.0 Å². The Bertz CT molecular complexity index is 254. The quantitative estimate of drug-likeness (QED) is 0.721. The minimum absolute atomic E-state index is 0. The highest BCUT2D eigenvalue weighted by Crippen LogP contribution is 2.12. The van der Waals surface area contributed by atoms with Crippen LogP contribution in [0.15, 0.2) is 24.3 Å². The number of aliphatic hydroxyl groups excluding tert-OH is 1. The molecule has 0 aliphatic carbocycles. The molecule has 3 nitrogen and oxygen atoms in total. The summed E-state index contributed by atoms with van der Waals surface area (Å²) in [6.07, 6.45) is 0.754. The molecule has 0 saturated heterocycles. The molecule has 0 amide bonds. The molecule has 88 valence electrons. The lowest BCUT2D eigenvalue weighted by Gasteiger charge is -2.13. The molecule has 0 aliphatic heterocycles. The predicted octanol–water partition coefficient (Wildman–Crippen LogP) is 2.30. The highest BCUT2D eigenvalue weighted by molar-refractivity contribution is 5.85. The summed E-state index contributed by atoms with van der Waals surface area (Å²) in [6, 6.07) is 7.86. The first kappa shape index (κ1) is 16.8. The van der Waals surface area contributed by atoms with Gasteiger partial charge in [0.15, 0.2) is 0 Å². The maximum absolute atomic E-state index is 8.70. The van der Waals surface area contributed by atoms with Crippen LogP contribution in [-0.4, -0.2) is 17.8 Å². The monoisotopic (exact) mass is 252 g/mol. The Hall–Kier alpha value is -0.640. The summed E-state index contributed by atoms with van der Waals surface area (Å²) in [5.41, 5.74) is 7.35. The van der Waals surface area contributed by atoms with Crippen LogP contribution < -0.4 is 11.1 Å². The number of aliphatic hydroxyl groups is 1. The standard InChI is InChI=1S/C10H16N2O.2ClH/c1-8(6-7-13)12-10-4-2-9(11)3-5-10;;/h2-5,8,12-13H,6-7,11H2,1H3;2*1H. The molecule has 15 heavy (non-hydrogen) atoms. The zero-order chi connectivity index (χ0) is 9.68. The number of nitrogen functional groups attached to an aromatic ring is 1. The average Bonchev–Trinajstić information content (AvgIpc) is 2.09. The molecule has 1 rings (SSSR count). The second kappa shape index (κ2) is 8.65. The fraction of sp³-hybridized carbons (Fsp3) is 0.400. The molecule has 5 heteroatoms. The lowest BCUT2D eigenvalue weighted by Crippen LogP contribution is -2.16. The first-order chi connectivity index (χ1) is 6.22. The molecule has 1 aromatic carbocycles. The number of benzene rings is 1. The van der Waals surface area contributed by atoms with E-state index in [0.717, 1.165) is 17.8 Å². The second-order valence-electron chi connectivity index (χ2n) is 3.18. The fourth-order valence-corrected chi connectivity index (χ4v) is 1.13. The molecule has 4 N–H and O–H groups in total. The molecule has 0 aromatic heterocycles. The lowest BCUT2D eigenvalue weighted by atomic mass is 10.2. The summed E-state index contributed by atoms with van der Waals surface area (Å²) in [7, 11) is 0. The van der Waals surface area contributed by atoms with Crippen molar-refractivity contribution < 1.29 is 5.11 Å². The van der Waals surface area contributed by atoms with Crippen LogP contribution in [0, 0.1) is 0 Å². The van der Waals surface area contributed by atoms with Crippen molar-refractivity contribution in [2.45, 2.75) is 19.4 Å². The molecule has 0 saturated carbocycles. The number of hydrogen-bond acceptors (Lipinski definition) is 3. The number of nitrogens with two attached hydrogens (primary N) is 1. The maximum Gasteiger partial charge on any atom is 0.0450 e. The summed E-state index contributed by atoms with van der Waals surface area (Å²) in [5.74, 6) is 0. The van der Waals surface area contributed by atoms with Gasteiger partial charge in [0.2, 0.25) is 0 Å². The van der Waals surface area contributed by atoms with Crippen LogP contribution in [0.3, 0.4) is 0 Å². The number of hydrogen-bond donors (Lipinski definition) is 3. The van der Waals surface area contributed by atoms with Gasteiger partial charge in [0.25, 0.3) is 0 Å². The van der Waals surface area contributed by atoms with E-state index in [1.165, 1.54) is 0 Å². The molecular weight excluding hydrogens is 235 g/mol. The summed E-state index contributed by atoms with van der Waals surface area (Å²) in [6.45, 7) is 2.25. The first-order valence-electron chi connectivity index (χ1n) is 4.45. The molecule has 1 aromatic rings. The number of nitrogens with one attached hydrogen (secondary N) is 1. The van der Waals surface area contributed by atoms with Crippen LogP contribution in [0.2, 0.25) is 0 Å². The number of halogens is 2. The van der Waals surface area contributed by atoms with E-state index in [1.807, 2.05) is 31.2 Å². The van der Waals surface area contributed by atoms with E-state index >= 15 is 0 Å². The molecule has 1 unspecified atom stereocenters. The fourth-order valence-electron chi connectivity index (χ4n) is 1.13. The zero-order valence-electron chi connectivity index (χ0n) is 8.64. The Morgan fingerprint density at radius 3 is 2.27 bits per heavy atom. The highest BCUT2D eigenvalue weighted by Gasteiger charge is 1.99. The van der Waals surface area contributed by atoms with Crippen LogP contribution in [0.4, 0.5) is 11.4 Å². The molecule has 0 spiro atoms. The Morgan fingerprint density at radius 2 is 1.80 bits per heavy atom. The van der Waals surface area contributed by atoms with Crippen molar-refractivity contribution in [1.29, 1.82) is 0 Å². The molecule has 0 fully saturated rings. The molecule has 0 bridgehead atoms. The van der Waals surface area contributed by atoms with E-state index in [0.29, 0.717) is 0 Å². The van der Waals surface area contributed by atoms with Gasteiger partial charge in [0.1, 0.15) is 0 Å². The Morgan fingerprint density at radius 1 is 1.27 bits per heavy atom. The Kier molecular flexibility index (Phi) is 9.68. The van der Waals surface area contributed by atoms with Crippen LogP contribution in [0.5, 0.6) is 0 Å².